The number of allylic oxidation sites excluding steroid dienone is 8. The summed E-state index contributed by atoms with van der Waals surface area (Å²) in [7, 11) is 0.750. The van der Waals surface area contributed by atoms with Crippen LogP contribution in [0.1, 0.15) is 26.7 Å². The Morgan fingerprint density at radius 1 is 0.944 bits per heavy atom. The summed E-state index contributed by atoms with van der Waals surface area (Å²) in [4.78, 5) is 0. The Labute approximate surface area is 140 Å². The van der Waals surface area contributed by atoms with Crippen LogP contribution >= 0.6 is 11.6 Å². The van der Waals surface area contributed by atoms with E-state index in [9.17, 15) is 0 Å². The molecule has 0 atom stereocenters. The summed E-state index contributed by atoms with van der Waals surface area (Å²) in [6.45, 7) is 8.53. The minimum Gasteiger partial charge on any atom is -0.270 e. The zero-order valence-corrected chi connectivity index (χ0v) is 16.5. The van der Waals surface area contributed by atoms with Crippen molar-refractivity contribution < 1.29 is 26.2 Å². The summed E-state index contributed by atoms with van der Waals surface area (Å²) in [6.07, 6.45) is 18.1. The Morgan fingerprint density at radius 2 is 1.22 bits per heavy atom. The van der Waals surface area contributed by atoms with Crippen LogP contribution in [0.2, 0.25) is 13.1 Å². The van der Waals surface area contributed by atoms with Crippen LogP contribution in [-0.2, 0) is 26.2 Å². The molecule has 0 fully saturated rings. The molecule has 0 aromatic heterocycles. The molecule has 0 nitrogen and oxygen atoms in total. The van der Waals surface area contributed by atoms with E-state index in [4.69, 9.17) is 0 Å². The Kier molecular flexibility index (Phi) is 25.6. The van der Waals surface area contributed by atoms with E-state index in [0.717, 1.165) is 22.4 Å². The topological polar surface area (TPSA) is 0 Å². The summed E-state index contributed by atoms with van der Waals surface area (Å²) >= 11 is 4.64. The minimum atomic E-state index is 0. The van der Waals surface area contributed by atoms with E-state index in [1.807, 2.05) is 0 Å². The summed E-state index contributed by atoms with van der Waals surface area (Å²) < 4.78 is 0. The molecule has 3 heteroatoms. The maximum absolute atomic E-state index is 4.64. The first-order valence-electron chi connectivity index (χ1n) is 5.80. The Balaban J connectivity index is -0.000000179. The van der Waals surface area contributed by atoms with Gasteiger partial charge >= 0.3 is 26.2 Å². The molecule has 0 saturated carbocycles. The van der Waals surface area contributed by atoms with Crippen LogP contribution in [-0.4, -0.2) is 15.9 Å². The monoisotopic (exact) mass is 357 g/mol. The molecule has 99 valence electrons. The van der Waals surface area contributed by atoms with Gasteiger partial charge in [0, 0.05) is 15.9 Å². The molecule has 0 bridgehead atoms. The zero-order chi connectivity index (χ0) is 13.5. The van der Waals surface area contributed by atoms with Crippen molar-refractivity contribution in [1.29, 1.82) is 0 Å². The van der Waals surface area contributed by atoms with Gasteiger partial charge in [0.2, 0.25) is 0 Å². The molecule has 0 N–H and O–H groups in total. The number of halogens is 1. The predicted octanol–water partition coefficient (Wildman–Crippen LogP) is 4.76. The van der Waals surface area contributed by atoms with Gasteiger partial charge in [0.15, 0.2) is 0 Å². The largest absolute Gasteiger partial charge is 2.00 e. The Hall–Kier alpha value is 0.350. The molecule has 0 unspecified atom stereocenters. The molecule has 0 aromatic rings. The second-order valence-electron chi connectivity index (χ2n) is 3.51. The van der Waals surface area contributed by atoms with Crippen LogP contribution in [0.3, 0.4) is 0 Å². The van der Waals surface area contributed by atoms with Crippen molar-refractivity contribution in [1.82, 2.24) is 0 Å². The average Bonchev–Trinajstić information content (AvgIpc) is 2.97. The van der Waals surface area contributed by atoms with Gasteiger partial charge in [-0.1, -0.05) is 26.9 Å². The van der Waals surface area contributed by atoms with Crippen molar-refractivity contribution in [3.63, 3.8) is 0 Å². The summed E-state index contributed by atoms with van der Waals surface area (Å²) in [5.74, 6) is 0. The Bertz CT molecular complexity index is 245. The standard InChI is InChI=1S/2C6H7.C2H7Si.CH3Cl.Zr/c2*1-6-4-2-3-5-6;1-3-2;1-2;/h2*2,4H,3H2,1H3;3H,1-2H3;1H3;/q2*-1;;;+2. The molecule has 2 aliphatic carbocycles. The molecule has 0 amide bonds. The maximum Gasteiger partial charge on any atom is 2.00 e. The quantitative estimate of drug-likeness (QED) is 0.332. The number of alkyl halides is 1. The average molecular weight is 359 g/mol. The molecule has 0 aromatic carbocycles. The van der Waals surface area contributed by atoms with Gasteiger partial charge in [-0.25, -0.2) is 23.3 Å². The van der Waals surface area contributed by atoms with Gasteiger partial charge in [-0.2, -0.15) is 12.2 Å². The first kappa shape index (κ1) is 23.4. The van der Waals surface area contributed by atoms with Gasteiger partial charge in [0.25, 0.3) is 0 Å². The fraction of sp³-hybridized carbons (Fsp3) is 0.467. The van der Waals surface area contributed by atoms with Crippen molar-refractivity contribution in [3.8, 4) is 0 Å². The van der Waals surface area contributed by atoms with Gasteiger partial charge < -0.3 is 0 Å². The van der Waals surface area contributed by atoms with E-state index >= 15 is 0 Å². The summed E-state index contributed by atoms with van der Waals surface area (Å²) in [5, 5.41) is 0. The molecule has 0 aliphatic heterocycles. The van der Waals surface area contributed by atoms with Gasteiger partial charge in [0.05, 0.1) is 0 Å². The first-order chi connectivity index (χ1) is 8.20. The van der Waals surface area contributed by atoms with Crippen LogP contribution in [0.5, 0.6) is 0 Å². The van der Waals surface area contributed by atoms with Crippen molar-refractivity contribution in [2.75, 3.05) is 6.38 Å². The molecule has 2 aliphatic rings. The van der Waals surface area contributed by atoms with Gasteiger partial charge in [0.1, 0.15) is 0 Å². The van der Waals surface area contributed by atoms with E-state index in [-0.39, 0.29) is 26.2 Å². The van der Waals surface area contributed by atoms with Gasteiger partial charge in [-0.3, -0.25) is 12.2 Å². The minimum absolute atomic E-state index is 0. The van der Waals surface area contributed by atoms with Gasteiger partial charge in [-0.15, -0.1) is 24.4 Å². The third kappa shape index (κ3) is 18.7. The van der Waals surface area contributed by atoms with E-state index in [1.165, 1.54) is 17.5 Å². The first-order valence-corrected chi connectivity index (χ1v) is 8.87. The third-order valence-electron chi connectivity index (χ3n) is 1.73. The van der Waals surface area contributed by atoms with Crippen molar-refractivity contribution >= 4 is 21.1 Å². The van der Waals surface area contributed by atoms with Crippen LogP contribution in [0, 0.1) is 12.2 Å². The smallest absolute Gasteiger partial charge is 0.270 e. The van der Waals surface area contributed by atoms with Crippen molar-refractivity contribution in [2.24, 2.45) is 0 Å². The number of hydrogen-bond donors (Lipinski definition) is 0. The fourth-order valence-electron chi connectivity index (χ4n) is 1.03. The van der Waals surface area contributed by atoms with E-state index < -0.39 is 0 Å². The van der Waals surface area contributed by atoms with Crippen LogP contribution in [0.25, 0.3) is 0 Å². The number of hydrogen-bond acceptors (Lipinski definition) is 0. The molecule has 0 heterocycles. The maximum atomic E-state index is 4.64. The van der Waals surface area contributed by atoms with Crippen LogP contribution in [0.15, 0.2) is 35.5 Å². The van der Waals surface area contributed by atoms with Crippen molar-refractivity contribution in [2.45, 2.75) is 39.8 Å². The van der Waals surface area contributed by atoms with Crippen LogP contribution < -0.4 is 0 Å². The van der Waals surface area contributed by atoms with Gasteiger partial charge in [-0.05, 0) is 0 Å². The second kappa shape index (κ2) is 19.7. The van der Waals surface area contributed by atoms with Crippen molar-refractivity contribution in [3.05, 3.63) is 47.6 Å². The SMILES string of the molecule is CC1=[C-]CC=C1.CC1=[C-]CC=C1.CCl.C[SiH]C.[Zr+2]. The summed E-state index contributed by atoms with van der Waals surface area (Å²) in [6, 6.07) is 0. The number of rotatable bonds is 0. The molecule has 1 radical (unpaired) electrons. The van der Waals surface area contributed by atoms with Crippen LogP contribution in [0.4, 0.5) is 0 Å². The molecule has 2 rings (SSSR count). The summed E-state index contributed by atoms with van der Waals surface area (Å²) in [5.41, 5.74) is 2.55. The second-order valence-corrected chi connectivity index (χ2v) is 4.66. The van der Waals surface area contributed by atoms with E-state index in [1.54, 1.807) is 0 Å². The molecule has 18 heavy (non-hydrogen) atoms. The van der Waals surface area contributed by atoms with E-state index in [0.29, 0.717) is 0 Å². The normalized spacial score (nSPS) is 13.7. The van der Waals surface area contributed by atoms with E-state index in [2.05, 4.69) is 75.0 Å². The predicted molar refractivity (Wildman–Crippen MR) is 83.0 cm³/mol. The molecular weight excluding hydrogens is 335 g/mol. The molecule has 0 saturated heterocycles. The zero-order valence-electron chi connectivity index (χ0n) is 12.2. The fourth-order valence-corrected chi connectivity index (χ4v) is 1.03. The molecular formula is C15H24ClSiZr. The third-order valence-corrected chi connectivity index (χ3v) is 1.73. The Morgan fingerprint density at radius 3 is 1.28 bits per heavy atom. The molecule has 0 spiro atoms.